The van der Waals surface area contributed by atoms with E-state index in [9.17, 15) is 0 Å². The van der Waals surface area contributed by atoms with Crippen molar-refractivity contribution in [3.8, 4) is 22.4 Å². The van der Waals surface area contributed by atoms with Gasteiger partial charge < -0.3 is 9.47 Å². The van der Waals surface area contributed by atoms with Gasteiger partial charge in [0, 0.05) is 23.6 Å². The molecule has 0 saturated carbocycles. The molecule has 3 nitrogen and oxygen atoms in total. The average Bonchev–Trinajstić information content (AvgIpc) is 2.77. The molecule has 0 unspecified atom stereocenters. The summed E-state index contributed by atoms with van der Waals surface area (Å²) in [5, 5.41) is 2.27. The van der Waals surface area contributed by atoms with Crippen molar-refractivity contribution in [1.29, 1.82) is 0 Å². The zero-order chi connectivity index (χ0) is 19.3. The molecule has 0 aliphatic carbocycles. The van der Waals surface area contributed by atoms with Crippen molar-refractivity contribution >= 4 is 10.8 Å². The van der Waals surface area contributed by atoms with E-state index >= 15 is 0 Å². The molecule has 0 bridgehead atoms. The smallest absolute Gasteiger partial charge is 0.147 e. The van der Waals surface area contributed by atoms with Crippen LogP contribution in [0.5, 0.6) is 0 Å². The van der Waals surface area contributed by atoms with Gasteiger partial charge in [0.2, 0.25) is 0 Å². The summed E-state index contributed by atoms with van der Waals surface area (Å²) in [4.78, 5) is 5.12. The molecule has 4 rings (SSSR count). The lowest BCUT2D eigenvalue weighted by Gasteiger charge is -2.20. The van der Waals surface area contributed by atoms with E-state index < -0.39 is 0 Å². The summed E-state index contributed by atoms with van der Waals surface area (Å²) in [5.74, 6) is 0. The Morgan fingerprint density at radius 2 is 1.32 bits per heavy atom. The fraction of sp³-hybridized carbons (Fsp3) is 0.160. The summed E-state index contributed by atoms with van der Waals surface area (Å²) < 4.78 is 10.9. The van der Waals surface area contributed by atoms with E-state index in [4.69, 9.17) is 14.5 Å². The number of methoxy groups -OCH3 is 1. The minimum absolute atomic E-state index is 0.183. The van der Waals surface area contributed by atoms with Crippen molar-refractivity contribution in [3.63, 3.8) is 0 Å². The highest BCUT2D eigenvalue weighted by Gasteiger charge is 2.20. The Bertz CT molecular complexity index is 1060. The summed E-state index contributed by atoms with van der Waals surface area (Å²) in [5.41, 5.74) is 5.28. The Kier molecular flexibility index (Phi) is 5.47. The number of benzene rings is 3. The van der Waals surface area contributed by atoms with E-state index in [0.717, 1.165) is 33.5 Å². The Morgan fingerprint density at radius 1 is 0.750 bits per heavy atom. The van der Waals surface area contributed by atoms with Gasteiger partial charge in [0.1, 0.15) is 12.9 Å². The van der Waals surface area contributed by atoms with Gasteiger partial charge in [0.15, 0.2) is 0 Å². The Hall–Kier alpha value is -3.01. The van der Waals surface area contributed by atoms with Crippen LogP contribution in [0.1, 0.15) is 18.7 Å². The van der Waals surface area contributed by atoms with Crippen molar-refractivity contribution in [2.45, 2.75) is 13.0 Å². The van der Waals surface area contributed by atoms with Crippen LogP contribution in [0.2, 0.25) is 0 Å². The molecule has 0 N–H and O–H groups in total. The zero-order valence-electron chi connectivity index (χ0n) is 16.1. The highest BCUT2D eigenvalue weighted by Crippen LogP contribution is 2.39. The maximum Gasteiger partial charge on any atom is 0.147 e. The van der Waals surface area contributed by atoms with E-state index in [2.05, 4.69) is 54.6 Å². The lowest BCUT2D eigenvalue weighted by atomic mass is 9.92. The van der Waals surface area contributed by atoms with Gasteiger partial charge in [0.25, 0.3) is 0 Å². The number of aromatic nitrogens is 1. The highest BCUT2D eigenvalue weighted by atomic mass is 16.7. The molecule has 0 amide bonds. The Morgan fingerprint density at radius 3 is 1.96 bits per heavy atom. The van der Waals surface area contributed by atoms with E-state index in [-0.39, 0.29) is 12.9 Å². The Labute approximate surface area is 165 Å². The topological polar surface area (TPSA) is 31.4 Å². The van der Waals surface area contributed by atoms with Gasteiger partial charge in [-0.15, -0.1) is 0 Å². The fourth-order valence-corrected chi connectivity index (χ4v) is 3.55. The number of fused-ring (bicyclic) bond motifs is 1. The van der Waals surface area contributed by atoms with Gasteiger partial charge in [-0.3, -0.25) is 0 Å². The molecule has 1 atom stereocenters. The van der Waals surface area contributed by atoms with E-state index in [0.29, 0.717) is 0 Å². The third-order valence-electron chi connectivity index (χ3n) is 4.87. The molecular formula is C25H23NO2. The maximum absolute atomic E-state index is 5.84. The van der Waals surface area contributed by atoms with Crippen molar-refractivity contribution in [3.05, 3.63) is 90.6 Å². The summed E-state index contributed by atoms with van der Waals surface area (Å²) in [6.45, 7) is 2.25. The quantitative estimate of drug-likeness (QED) is 0.376. The molecule has 1 aromatic heterocycles. The summed E-state index contributed by atoms with van der Waals surface area (Å²) in [6.07, 6.45) is -0.183. The normalized spacial score (nSPS) is 12.2. The number of ether oxygens (including phenoxy) is 2. The number of pyridine rings is 1. The molecule has 4 aromatic rings. The average molecular weight is 369 g/mol. The van der Waals surface area contributed by atoms with Crippen molar-refractivity contribution < 1.29 is 9.47 Å². The number of hydrogen-bond donors (Lipinski definition) is 0. The SMILES string of the molecule is COCO[C@@H](C)c1nc(-c2ccccc2)c(-c2ccccc2)c2ccccc12. The summed E-state index contributed by atoms with van der Waals surface area (Å²) >= 11 is 0. The highest BCUT2D eigenvalue weighted by molar-refractivity contribution is 6.03. The van der Waals surface area contributed by atoms with Crippen LogP contribution in [0.15, 0.2) is 84.9 Å². The first-order chi connectivity index (χ1) is 13.8. The second-order valence-corrected chi connectivity index (χ2v) is 6.71. The zero-order valence-corrected chi connectivity index (χ0v) is 16.1. The third-order valence-corrected chi connectivity index (χ3v) is 4.87. The lowest BCUT2D eigenvalue weighted by Crippen LogP contribution is -2.07. The van der Waals surface area contributed by atoms with Gasteiger partial charge in [0.05, 0.1) is 11.4 Å². The molecule has 3 heteroatoms. The predicted octanol–water partition coefficient (Wildman–Crippen LogP) is 6.25. The van der Waals surface area contributed by atoms with Crippen LogP contribution in [0.4, 0.5) is 0 Å². The molecule has 0 saturated heterocycles. The van der Waals surface area contributed by atoms with Crippen LogP contribution in [0.3, 0.4) is 0 Å². The minimum atomic E-state index is -0.183. The standard InChI is InChI=1S/C25H23NO2/c1-18(28-17-27-2)24-22-16-10-9-15-21(22)23(19-11-5-3-6-12-19)25(26-24)20-13-7-4-8-14-20/h3-16,18H,17H2,1-2H3/t18-/m0/s1. The van der Waals surface area contributed by atoms with E-state index in [1.165, 1.54) is 5.39 Å². The molecule has 3 aromatic carbocycles. The number of nitrogens with zero attached hydrogens (tertiary/aromatic N) is 1. The van der Waals surface area contributed by atoms with Crippen LogP contribution in [-0.2, 0) is 9.47 Å². The van der Waals surface area contributed by atoms with Crippen molar-refractivity contribution in [2.24, 2.45) is 0 Å². The van der Waals surface area contributed by atoms with Gasteiger partial charge in [-0.05, 0) is 17.9 Å². The van der Waals surface area contributed by atoms with Crippen molar-refractivity contribution in [1.82, 2.24) is 4.98 Å². The summed E-state index contributed by atoms with van der Waals surface area (Å²) in [7, 11) is 1.63. The molecule has 0 radical (unpaired) electrons. The lowest BCUT2D eigenvalue weighted by molar-refractivity contribution is -0.0674. The van der Waals surface area contributed by atoms with Crippen molar-refractivity contribution in [2.75, 3.05) is 13.9 Å². The van der Waals surface area contributed by atoms with Gasteiger partial charge >= 0.3 is 0 Å². The predicted molar refractivity (Wildman–Crippen MR) is 114 cm³/mol. The maximum atomic E-state index is 5.84. The molecule has 0 spiro atoms. The molecule has 140 valence electrons. The van der Waals surface area contributed by atoms with E-state index in [1.54, 1.807) is 7.11 Å². The van der Waals surface area contributed by atoms with Crippen LogP contribution in [0, 0.1) is 0 Å². The molecule has 28 heavy (non-hydrogen) atoms. The number of rotatable bonds is 6. The molecule has 0 fully saturated rings. The first-order valence-corrected chi connectivity index (χ1v) is 9.43. The largest absolute Gasteiger partial charge is 0.359 e. The number of hydrogen-bond acceptors (Lipinski definition) is 3. The third kappa shape index (κ3) is 3.55. The molecule has 0 aliphatic heterocycles. The minimum Gasteiger partial charge on any atom is -0.359 e. The van der Waals surface area contributed by atoms with Gasteiger partial charge in [-0.2, -0.15) is 0 Å². The Balaban J connectivity index is 2.04. The second-order valence-electron chi connectivity index (χ2n) is 6.71. The molecule has 0 aliphatic rings. The van der Waals surface area contributed by atoms with Crippen LogP contribution < -0.4 is 0 Å². The second kappa shape index (κ2) is 8.34. The fourth-order valence-electron chi connectivity index (χ4n) is 3.55. The molecule has 1 heterocycles. The van der Waals surface area contributed by atoms with Crippen LogP contribution in [-0.4, -0.2) is 18.9 Å². The van der Waals surface area contributed by atoms with Gasteiger partial charge in [-0.25, -0.2) is 4.98 Å². The monoisotopic (exact) mass is 369 g/mol. The van der Waals surface area contributed by atoms with Crippen LogP contribution >= 0.6 is 0 Å². The molecular weight excluding hydrogens is 346 g/mol. The van der Waals surface area contributed by atoms with E-state index in [1.807, 2.05) is 37.3 Å². The van der Waals surface area contributed by atoms with Gasteiger partial charge in [-0.1, -0.05) is 84.9 Å². The first-order valence-electron chi connectivity index (χ1n) is 9.43. The first kappa shape index (κ1) is 18.4. The van der Waals surface area contributed by atoms with Crippen LogP contribution in [0.25, 0.3) is 33.2 Å². The summed E-state index contributed by atoms with van der Waals surface area (Å²) in [6, 6.07) is 29.2.